The predicted molar refractivity (Wildman–Crippen MR) is 132 cm³/mol. The van der Waals surface area contributed by atoms with E-state index < -0.39 is 0 Å². The van der Waals surface area contributed by atoms with E-state index in [4.69, 9.17) is 15.0 Å². The lowest BCUT2D eigenvalue weighted by molar-refractivity contribution is 0.406. The molecule has 0 radical (unpaired) electrons. The number of pyridine rings is 2. The van der Waals surface area contributed by atoms with Crippen LogP contribution in [-0.2, 0) is 19.3 Å². The Bertz CT molecular complexity index is 1250. The quantitative estimate of drug-likeness (QED) is 0.427. The minimum atomic E-state index is 0.209. The van der Waals surface area contributed by atoms with E-state index in [0.717, 1.165) is 60.3 Å². The van der Waals surface area contributed by atoms with Gasteiger partial charge in [-0.1, -0.05) is 26.8 Å². The number of hydrogen-bond donors (Lipinski definition) is 0. The van der Waals surface area contributed by atoms with Gasteiger partial charge in [0.2, 0.25) is 0 Å². The van der Waals surface area contributed by atoms with Crippen LogP contribution in [0.15, 0.2) is 55.0 Å². The number of anilines is 1. The zero-order valence-corrected chi connectivity index (χ0v) is 19.8. The van der Waals surface area contributed by atoms with Gasteiger partial charge in [0, 0.05) is 55.6 Å². The summed E-state index contributed by atoms with van der Waals surface area (Å²) < 4.78 is 2.03. The van der Waals surface area contributed by atoms with Gasteiger partial charge >= 0.3 is 0 Å². The predicted octanol–water partition coefficient (Wildman–Crippen LogP) is 4.89. The molecule has 5 rings (SSSR count). The summed E-state index contributed by atoms with van der Waals surface area (Å²) >= 11 is 0. The molecule has 1 saturated heterocycles. The lowest BCUT2D eigenvalue weighted by atomic mass is 9.90. The van der Waals surface area contributed by atoms with Crippen molar-refractivity contribution in [1.29, 1.82) is 0 Å². The van der Waals surface area contributed by atoms with Crippen molar-refractivity contribution in [1.82, 2.24) is 24.3 Å². The maximum atomic E-state index is 4.96. The summed E-state index contributed by atoms with van der Waals surface area (Å²) in [5.41, 5.74) is 5.58. The average Bonchev–Trinajstić information content (AvgIpc) is 3.44. The molecule has 1 fully saturated rings. The molecule has 170 valence electrons. The summed E-state index contributed by atoms with van der Waals surface area (Å²) in [7, 11) is 0. The van der Waals surface area contributed by atoms with Crippen LogP contribution in [0, 0.1) is 5.41 Å². The molecule has 1 aliphatic heterocycles. The molecule has 0 spiro atoms. The second-order valence-electron chi connectivity index (χ2n) is 10.3. The number of fused-ring (bicyclic) bond motifs is 1. The molecule has 0 saturated carbocycles. The van der Waals surface area contributed by atoms with Crippen molar-refractivity contribution in [3.05, 3.63) is 83.5 Å². The van der Waals surface area contributed by atoms with Gasteiger partial charge in [-0.15, -0.1) is 0 Å². The standard InChI is InChI=1S/C27H32N6/c1-27(2,3)19-22-8-6-7-21(29-22)17-24-30-23(18-26(31-24)32-11-4-5-12-32)15-20-9-13-33-14-10-28-25(33)16-20/h6-10,13-14,16,18H,4-5,11-12,15,17,19H2,1-3H3. The first-order valence-corrected chi connectivity index (χ1v) is 11.9. The topological polar surface area (TPSA) is 59.2 Å². The van der Waals surface area contributed by atoms with E-state index >= 15 is 0 Å². The summed E-state index contributed by atoms with van der Waals surface area (Å²) in [6.07, 6.45) is 10.7. The van der Waals surface area contributed by atoms with Crippen LogP contribution in [0.1, 0.15) is 62.1 Å². The van der Waals surface area contributed by atoms with Gasteiger partial charge in [-0.25, -0.2) is 15.0 Å². The van der Waals surface area contributed by atoms with Gasteiger partial charge in [0.15, 0.2) is 0 Å². The second-order valence-corrected chi connectivity index (χ2v) is 10.3. The van der Waals surface area contributed by atoms with E-state index in [9.17, 15) is 0 Å². The molecule has 33 heavy (non-hydrogen) atoms. The molecule has 0 aliphatic carbocycles. The third kappa shape index (κ3) is 5.38. The van der Waals surface area contributed by atoms with E-state index in [1.165, 1.54) is 18.4 Å². The van der Waals surface area contributed by atoms with Crippen LogP contribution in [0.5, 0.6) is 0 Å². The minimum absolute atomic E-state index is 0.209. The fraction of sp³-hybridized carbons (Fsp3) is 0.407. The normalized spacial score (nSPS) is 14.3. The molecule has 0 amide bonds. The maximum Gasteiger partial charge on any atom is 0.136 e. The number of imidazole rings is 1. The van der Waals surface area contributed by atoms with Crippen molar-refractivity contribution in [2.75, 3.05) is 18.0 Å². The molecule has 4 aromatic heterocycles. The summed E-state index contributed by atoms with van der Waals surface area (Å²) in [5, 5.41) is 0. The van der Waals surface area contributed by atoms with Crippen LogP contribution >= 0.6 is 0 Å². The smallest absolute Gasteiger partial charge is 0.136 e. The number of hydrogen-bond acceptors (Lipinski definition) is 5. The molecular formula is C27H32N6. The van der Waals surface area contributed by atoms with Gasteiger partial charge in [-0.2, -0.15) is 0 Å². The van der Waals surface area contributed by atoms with Crippen molar-refractivity contribution >= 4 is 11.5 Å². The first kappa shape index (κ1) is 21.6. The Balaban J connectivity index is 1.44. The van der Waals surface area contributed by atoms with Crippen LogP contribution in [0.4, 0.5) is 5.82 Å². The Morgan fingerprint density at radius 3 is 2.48 bits per heavy atom. The molecule has 1 aliphatic rings. The third-order valence-electron chi connectivity index (χ3n) is 6.00. The van der Waals surface area contributed by atoms with E-state index in [1.54, 1.807) is 0 Å². The zero-order chi connectivity index (χ0) is 22.8. The van der Waals surface area contributed by atoms with Crippen LogP contribution < -0.4 is 4.90 Å². The van der Waals surface area contributed by atoms with Crippen molar-refractivity contribution in [2.24, 2.45) is 5.41 Å². The van der Waals surface area contributed by atoms with Gasteiger partial charge in [-0.05, 0) is 54.5 Å². The monoisotopic (exact) mass is 440 g/mol. The first-order chi connectivity index (χ1) is 15.9. The first-order valence-electron chi connectivity index (χ1n) is 11.9. The van der Waals surface area contributed by atoms with Gasteiger partial charge in [0.1, 0.15) is 17.3 Å². The highest BCUT2D eigenvalue weighted by molar-refractivity contribution is 5.45. The fourth-order valence-electron chi connectivity index (χ4n) is 4.52. The number of aromatic nitrogens is 5. The number of rotatable bonds is 6. The minimum Gasteiger partial charge on any atom is -0.357 e. The summed E-state index contributed by atoms with van der Waals surface area (Å²) in [4.78, 5) is 21.6. The molecule has 0 bridgehead atoms. The highest BCUT2D eigenvalue weighted by Crippen LogP contribution is 2.22. The van der Waals surface area contributed by atoms with Gasteiger partial charge in [0.25, 0.3) is 0 Å². The Kier molecular flexibility index (Phi) is 5.83. The lowest BCUT2D eigenvalue weighted by Gasteiger charge is -2.19. The third-order valence-corrected chi connectivity index (χ3v) is 6.00. The molecule has 0 aromatic carbocycles. The SMILES string of the molecule is CC(C)(C)Cc1cccc(Cc2nc(Cc3ccn4ccnc4c3)cc(N3CCCC3)n2)n1. The van der Waals surface area contributed by atoms with Crippen molar-refractivity contribution < 1.29 is 0 Å². The Hall–Kier alpha value is -3.28. The zero-order valence-electron chi connectivity index (χ0n) is 19.8. The maximum absolute atomic E-state index is 4.96. The summed E-state index contributed by atoms with van der Waals surface area (Å²) in [5.74, 6) is 1.89. The van der Waals surface area contributed by atoms with Crippen molar-refractivity contribution in [2.45, 2.75) is 52.9 Å². The second kappa shape index (κ2) is 8.93. The van der Waals surface area contributed by atoms with E-state index in [2.05, 4.69) is 73.3 Å². The Morgan fingerprint density at radius 1 is 0.848 bits per heavy atom. The molecule has 6 nitrogen and oxygen atoms in total. The van der Waals surface area contributed by atoms with Gasteiger partial charge in [0.05, 0.1) is 12.1 Å². The molecule has 0 atom stereocenters. The highest BCUT2D eigenvalue weighted by Gasteiger charge is 2.17. The Morgan fingerprint density at radius 2 is 1.67 bits per heavy atom. The molecule has 0 unspecified atom stereocenters. The van der Waals surface area contributed by atoms with E-state index in [1.807, 2.05) is 16.8 Å². The summed E-state index contributed by atoms with van der Waals surface area (Å²) in [6, 6.07) is 12.7. The fourth-order valence-corrected chi connectivity index (χ4v) is 4.52. The molecule has 0 N–H and O–H groups in total. The molecular weight excluding hydrogens is 408 g/mol. The van der Waals surface area contributed by atoms with Gasteiger partial charge < -0.3 is 9.30 Å². The molecule has 4 aromatic rings. The Labute approximate surface area is 195 Å². The van der Waals surface area contributed by atoms with Crippen LogP contribution in [0.2, 0.25) is 0 Å². The van der Waals surface area contributed by atoms with Crippen LogP contribution in [0.3, 0.4) is 0 Å². The van der Waals surface area contributed by atoms with Crippen molar-refractivity contribution in [3.8, 4) is 0 Å². The lowest BCUT2D eigenvalue weighted by Crippen LogP contribution is -2.20. The summed E-state index contributed by atoms with van der Waals surface area (Å²) in [6.45, 7) is 8.87. The van der Waals surface area contributed by atoms with Crippen LogP contribution in [-0.4, -0.2) is 37.4 Å². The molecule has 6 heteroatoms. The van der Waals surface area contributed by atoms with Crippen LogP contribution in [0.25, 0.3) is 5.65 Å². The molecule has 5 heterocycles. The number of nitrogens with zero attached hydrogens (tertiary/aromatic N) is 6. The largest absolute Gasteiger partial charge is 0.357 e. The van der Waals surface area contributed by atoms with E-state index in [-0.39, 0.29) is 5.41 Å². The van der Waals surface area contributed by atoms with E-state index in [0.29, 0.717) is 6.42 Å². The van der Waals surface area contributed by atoms with Crippen molar-refractivity contribution in [3.63, 3.8) is 0 Å². The van der Waals surface area contributed by atoms with Gasteiger partial charge in [-0.3, -0.25) is 4.98 Å². The highest BCUT2D eigenvalue weighted by atomic mass is 15.2. The average molecular weight is 441 g/mol.